The van der Waals surface area contributed by atoms with Crippen molar-refractivity contribution in [3.8, 4) is 0 Å². The molecule has 0 nitrogen and oxygen atoms in total. The molecule has 0 aliphatic heterocycles. The van der Waals surface area contributed by atoms with Crippen LogP contribution in [0.2, 0.25) is 98.2 Å². The zero-order chi connectivity index (χ0) is 18.6. The third kappa shape index (κ3) is 4.19. The molecule has 0 aromatic heterocycles. The number of hydrogen-bond donors (Lipinski definition) is 0. The Morgan fingerprint density at radius 3 is 0.591 bits per heavy atom. The van der Waals surface area contributed by atoms with Crippen molar-refractivity contribution in [3.05, 3.63) is 0 Å². The molecule has 0 heterocycles. The lowest BCUT2D eigenvalue weighted by Crippen LogP contribution is -2.96. The average Bonchev–Trinajstić information content (AvgIpc) is 2.02. The molecule has 0 spiro atoms. The predicted octanol–water partition coefficient (Wildman–Crippen LogP) is 6.09. The molecule has 0 atom stereocenters. The summed E-state index contributed by atoms with van der Waals surface area (Å²) < 4.78 is 0. The lowest BCUT2D eigenvalue weighted by atomic mass is 11.8. The summed E-state index contributed by atoms with van der Waals surface area (Å²) in [4.78, 5) is 0. The Morgan fingerprint density at radius 1 is 0.364 bits per heavy atom. The maximum atomic E-state index is 2.81. The number of hydrogen-bond acceptors (Lipinski definition) is 0. The number of rotatable bonds is 6. The van der Waals surface area contributed by atoms with Crippen LogP contribution >= 0.6 is 0 Å². The van der Waals surface area contributed by atoms with Crippen molar-refractivity contribution in [2.45, 2.75) is 98.2 Å². The molecule has 7 heteroatoms. The third-order valence-corrected chi connectivity index (χ3v) is 162. The van der Waals surface area contributed by atoms with E-state index in [1.807, 2.05) is 0 Å². The van der Waals surface area contributed by atoms with Gasteiger partial charge in [0.25, 0.3) is 0 Å². The van der Waals surface area contributed by atoms with E-state index in [4.69, 9.17) is 0 Å². The summed E-state index contributed by atoms with van der Waals surface area (Å²) in [7, 11) is -5.60. The van der Waals surface area contributed by atoms with Gasteiger partial charge in [0.2, 0.25) is 0 Å². The van der Waals surface area contributed by atoms with Gasteiger partial charge in [0, 0.05) is 51.5 Å². The lowest BCUT2D eigenvalue weighted by molar-refractivity contribution is 1.74. The Morgan fingerprint density at radius 2 is 0.545 bits per heavy atom. The highest BCUT2D eigenvalue weighted by atomic mass is 30.3. The Labute approximate surface area is 149 Å². The fraction of sp³-hybridized carbons (Fsp3) is 1.00. The molecule has 22 heavy (non-hydrogen) atoms. The minimum absolute atomic E-state index is 0.144. The Hall–Kier alpha value is 1.52. The molecule has 0 bridgehead atoms. The van der Waals surface area contributed by atoms with Gasteiger partial charge in [-0.05, 0) is 0 Å². The first-order valence-corrected chi connectivity index (χ1v) is 36.0. The molecule has 0 saturated heterocycles. The topological polar surface area (TPSA) is 0 Å². The fourth-order valence-electron chi connectivity index (χ4n) is 6.75. The van der Waals surface area contributed by atoms with Gasteiger partial charge in [0.15, 0.2) is 0 Å². The molecule has 1 radical (unpaired) electrons. The van der Waals surface area contributed by atoms with Crippen molar-refractivity contribution in [1.29, 1.82) is 0 Å². The fourth-order valence-corrected chi connectivity index (χ4v) is 304. The second-order valence-electron chi connectivity index (χ2n) is 12.4. The van der Waals surface area contributed by atoms with E-state index in [0.717, 1.165) is 0 Å². The van der Waals surface area contributed by atoms with Crippen LogP contribution < -0.4 is 0 Å². The summed E-state index contributed by atoms with van der Waals surface area (Å²) in [5.74, 6) is 0. The molecule has 0 amide bonds. The van der Waals surface area contributed by atoms with Crippen molar-refractivity contribution < 1.29 is 0 Å². The standard InChI is InChI=1S/C15H45Si7/c1-17(2,3)16(18(4,5)6)22(19(7,8)9,20(10,11)12)21(13,14)15/h1-15H3. The highest BCUT2D eigenvalue weighted by Gasteiger charge is 2.69. The zero-order valence-corrected chi connectivity index (χ0v) is 25.5. The molecular formula is C15H45Si7. The summed E-state index contributed by atoms with van der Waals surface area (Å²) in [5, 5.41) is 0. The van der Waals surface area contributed by atoms with Gasteiger partial charge in [-0.25, -0.2) is 0 Å². The smallest absolute Gasteiger partial charge is 0.0306 e. The molecule has 0 aromatic carbocycles. The Kier molecular flexibility index (Phi) is 6.79. The van der Waals surface area contributed by atoms with Crippen LogP contribution in [0.3, 0.4) is 0 Å². The summed E-state index contributed by atoms with van der Waals surface area (Å²) in [6.45, 7) is 41.8. The maximum Gasteiger partial charge on any atom is 0.0306 e. The SMILES string of the molecule is C[Si](C)(C)[Si]([Si](C)(C)C)[Si]([Si](C)(C)C)([Si](C)(C)C)[Si](C)(C)C. The van der Waals surface area contributed by atoms with E-state index in [0.29, 0.717) is 0 Å². The summed E-state index contributed by atoms with van der Waals surface area (Å²) in [5.41, 5.74) is 0. The molecule has 0 fully saturated rings. The van der Waals surface area contributed by atoms with Gasteiger partial charge in [-0.2, -0.15) is 0 Å². The van der Waals surface area contributed by atoms with Crippen LogP contribution in [0.15, 0.2) is 0 Å². The van der Waals surface area contributed by atoms with Crippen LogP contribution in [0.25, 0.3) is 0 Å². The van der Waals surface area contributed by atoms with E-state index < -0.39 is 44.1 Å². The summed E-state index contributed by atoms with van der Waals surface area (Å²) >= 11 is 0. The summed E-state index contributed by atoms with van der Waals surface area (Å²) in [6, 6.07) is 0. The molecule has 0 N–H and O–H groups in total. The third-order valence-electron chi connectivity index (χ3n) is 5.25. The van der Waals surface area contributed by atoms with E-state index >= 15 is 0 Å². The van der Waals surface area contributed by atoms with Gasteiger partial charge in [-0.15, -0.1) is 0 Å². The predicted molar refractivity (Wildman–Crippen MR) is 128 cm³/mol. The second-order valence-corrected chi connectivity index (χ2v) is 86.6. The maximum absolute atomic E-state index is 2.81. The first-order valence-electron chi connectivity index (χ1n) is 9.00. The van der Waals surface area contributed by atoms with Crippen LogP contribution in [0.5, 0.6) is 0 Å². The van der Waals surface area contributed by atoms with Gasteiger partial charge >= 0.3 is 0 Å². The monoisotopic (exact) mass is 421 g/mol. The van der Waals surface area contributed by atoms with Gasteiger partial charge in [-0.1, -0.05) is 98.2 Å². The van der Waals surface area contributed by atoms with Crippen molar-refractivity contribution in [1.82, 2.24) is 0 Å². The van der Waals surface area contributed by atoms with Crippen LogP contribution in [0, 0.1) is 0 Å². The largest absolute Gasteiger partial charge is 0.0721 e. The quantitative estimate of drug-likeness (QED) is 0.455. The first kappa shape index (κ1) is 23.5. The van der Waals surface area contributed by atoms with E-state index in [2.05, 4.69) is 98.2 Å². The molecule has 0 aliphatic rings. The zero-order valence-electron chi connectivity index (χ0n) is 18.5. The molecule has 0 rings (SSSR count). The molecule has 0 aromatic rings. The average molecular weight is 422 g/mol. The van der Waals surface area contributed by atoms with Crippen molar-refractivity contribution >= 4 is 51.5 Å². The van der Waals surface area contributed by atoms with E-state index in [9.17, 15) is 0 Å². The molecule has 0 unspecified atom stereocenters. The van der Waals surface area contributed by atoms with Crippen molar-refractivity contribution in [3.63, 3.8) is 0 Å². The van der Waals surface area contributed by atoms with Gasteiger partial charge < -0.3 is 0 Å². The highest BCUT2D eigenvalue weighted by Crippen LogP contribution is 2.43. The van der Waals surface area contributed by atoms with Gasteiger partial charge in [0.1, 0.15) is 0 Å². The normalized spacial score (nSPS) is 16.4. The van der Waals surface area contributed by atoms with Gasteiger partial charge in [-0.3, -0.25) is 0 Å². The van der Waals surface area contributed by atoms with Crippen molar-refractivity contribution in [2.24, 2.45) is 0 Å². The lowest BCUT2D eigenvalue weighted by Gasteiger charge is -2.66. The van der Waals surface area contributed by atoms with Crippen LogP contribution in [-0.2, 0) is 0 Å². The van der Waals surface area contributed by atoms with Crippen LogP contribution in [-0.4, -0.2) is 51.5 Å². The van der Waals surface area contributed by atoms with Crippen LogP contribution in [0.1, 0.15) is 0 Å². The Bertz CT molecular complexity index is 333. The molecular weight excluding hydrogens is 377 g/mol. The van der Waals surface area contributed by atoms with E-state index in [1.165, 1.54) is 0 Å². The summed E-state index contributed by atoms with van der Waals surface area (Å²) in [6.07, 6.45) is -1.16. The van der Waals surface area contributed by atoms with Gasteiger partial charge in [0.05, 0.1) is 0 Å². The molecule has 0 aliphatic carbocycles. The van der Waals surface area contributed by atoms with Crippen LogP contribution in [0.4, 0.5) is 0 Å². The van der Waals surface area contributed by atoms with Crippen molar-refractivity contribution in [2.75, 3.05) is 0 Å². The molecule has 0 saturated carbocycles. The highest BCUT2D eigenvalue weighted by molar-refractivity contribution is 8.15. The first-order chi connectivity index (χ1) is 9.12. The minimum atomic E-state index is -1.16. The molecule has 133 valence electrons. The second kappa shape index (κ2) is 6.35. The Balaban J connectivity index is 7.05. The van der Waals surface area contributed by atoms with E-state index in [1.54, 1.807) is 0 Å². The van der Waals surface area contributed by atoms with E-state index in [-0.39, 0.29) is 7.35 Å². The minimum Gasteiger partial charge on any atom is -0.0721 e.